The van der Waals surface area contributed by atoms with Gasteiger partial charge in [0.05, 0.1) is 29.2 Å². The second-order valence-electron chi connectivity index (χ2n) is 4.35. The molecule has 0 bridgehead atoms. The summed E-state index contributed by atoms with van der Waals surface area (Å²) in [6.07, 6.45) is 2.64. The summed E-state index contributed by atoms with van der Waals surface area (Å²) in [6, 6.07) is 5.72. The van der Waals surface area contributed by atoms with Crippen molar-refractivity contribution in [2.24, 2.45) is 5.73 Å². The molecule has 0 aliphatic rings. The lowest BCUT2D eigenvalue weighted by molar-refractivity contribution is 0.0951. The number of hydrogen-bond donors (Lipinski definition) is 2. The van der Waals surface area contributed by atoms with Crippen molar-refractivity contribution in [3.8, 4) is 11.8 Å². The van der Waals surface area contributed by atoms with Gasteiger partial charge < -0.3 is 11.1 Å². The van der Waals surface area contributed by atoms with Gasteiger partial charge in [0.1, 0.15) is 0 Å². The molecule has 0 radical (unpaired) electrons. The van der Waals surface area contributed by atoms with Gasteiger partial charge >= 0.3 is 0 Å². The Kier molecular flexibility index (Phi) is 5.50. The van der Waals surface area contributed by atoms with Crippen molar-refractivity contribution in [2.45, 2.75) is 19.9 Å². The molecule has 0 aliphatic heterocycles. The maximum absolute atomic E-state index is 12.1. The Morgan fingerprint density at radius 2 is 2.38 bits per heavy atom. The topological polar surface area (TPSA) is 68.0 Å². The first kappa shape index (κ1) is 15.2. The van der Waals surface area contributed by atoms with Crippen LogP contribution in [0.4, 0.5) is 0 Å². The zero-order chi connectivity index (χ0) is 15.1. The minimum atomic E-state index is -0.111. The van der Waals surface area contributed by atoms with E-state index in [4.69, 9.17) is 5.73 Å². The summed E-state index contributed by atoms with van der Waals surface area (Å²) in [5.41, 5.74) is 8.01. The van der Waals surface area contributed by atoms with Crippen molar-refractivity contribution in [2.75, 3.05) is 6.54 Å². The largest absolute Gasteiger partial charge is 0.346 e. The minimum absolute atomic E-state index is 0.111. The summed E-state index contributed by atoms with van der Waals surface area (Å²) in [5.74, 6) is 5.59. The summed E-state index contributed by atoms with van der Waals surface area (Å²) in [7, 11) is 0. The van der Waals surface area contributed by atoms with E-state index in [0.29, 0.717) is 18.7 Å². The number of thiophene rings is 1. The van der Waals surface area contributed by atoms with E-state index in [0.717, 1.165) is 22.6 Å². The molecule has 0 fully saturated rings. The Bertz CT molecular complexity index is 682. The molecule has 0 saturated carbocycles. The van der Waals surface area contributed by atoms with Crippen LogP contribution in [0.2, 0.25) is 0 Å². The molecule has 108 valence electrons. The SMILES string of the molecule is CCc1cccnc1CNC(=O)c1csc(C#CCN)c1. The number of carbonyl (C=O) groups is 1. The maximum Gasteiger partial charge on any atom is 0.252 e. The molecule has 0 unspecified atom stereocenters. The average Bonchev–Trinajstić information content (AvgIpc) is 2.99. The molecule has 4 nitrogen and oxygen atoms in total. The van der Waals surface area contributed by atoms with Crippen LogP contribution in [0.3, 0.4) is 0 Å². The summed E-state index contributed by atoms with van der Waals surface area (Å²) in [6.45, 7) is 2.82. The van der Waals surface area contributed by atoms with Crippen LogP contribution < -0.4 is 11.1 Å². The fourth-order valence-electron chi connectivity index (χ4n) is 1.88. The van der Waals surface area contributed by atoms with Crippen molar-refractivity contribution >= 4 is 17.2 Å². The summed E-state index contributed by atoms with van der Waals surface area (Å²) >= 11 is 1.44. The number of nitrogens with zero attached hydrogens (tertiary/aromatic N) is 1. The van der Waals surface area contributed by atoms with Crippen molar-refractivity contribution < 1.29 is 4.79 Å². The van der Waals surface area contributed by atoms with Gasteiger partial charge in [-0.15, -0.1) is 11.3 Å². The first-order valence-corrected chi connectivity index (χ1v) is 7.61. The number of nitrogens with one attached hydrogen (secondary N) is 1. The van der Waals surface area contributed by atoms with Crippen LogP contribution in [0.25, 0.3) is 0 Å². The molecule has 0 aliphatic carbocycles. The van der Waals surface area contributed by atoms with Crippen molar-refractivity contribution in [1.82, 2.24) is 10.3 Å². The number of amides is 1. The third-order valence-electron chi connectivity index (χ3n) is 2.96. The predicted octanol–water partition coefficient (Wildman–Crippen LogP) is 1.95. The third kappa shape index (κ3) is 4.15. The summed E-state index contributed by atoms with van der Waals surface area (Å²) < 4.78 is 0. The Hall–Kier alpha value is -2.16. The molecule has 2 aromatic heterocycles. The lowest BCUT2D eigenvalue weighted by Gasteiger charge is -2.07. The van der Waals surface area contributed by atoms with E-state index in [2.05, 4.69) is 29.1 Å². The van der Waals surface area contributed by atoms with Gasteiger partial charge in [0.25, 0.3) is 5.91 Å². The van der Waals surface area contributed by atoms with E-state index in [9.17, 15) is 4.79 Å². The highest BCUT2D eigenvalue weighted by molar-refractivity contribution is 7.10. The minimum Gasteiger partial charge on any atom is -0.346 e. The molecule has 21 heavy (non-hydrogen) atoms. The molecule has 2 heterocycles. The Balaban J connectivity index is 2.00. The highest BCUT2D eigenvalue weighted by atomic mass is 32.1. The summed E-state index contributed by atoms with van der Waals surface area (Å²) in [5, 5.41) is 4.69. The lowest BCUT2D eigenvalue weighted by Crippen LogP contribution is -2.23. The van der Waals surface area contributed by atoms with Crippen molar-refractivity contribution in [3.63, 3.8) is 0 Å². The fourth-order valence-corrected chi connectivity index (χ4v) is 2.63. The van der Waals surface area contributed by atoms with Crippen molar-refractivity contribution in [1.29, 1.82) is 0 Å². The lowest BCUT2D eigenvalue weighted by atomic mass is 10.1. The van der Waals surface area contributed by atoms with Crippen LogP contribution in [0.1, 0.15) is 33.4 Å². The molecule has 5 heteroatoms. The number of rotatable bonds is 4. The van der Waals surface area contributed by atoms with Gasteiger partial charge in [0.2, 0.25) is 0 Å². The highest BCUT2D eigenvalue weighted by Crippen LogP contribution is 2.14. The average molecular weight is 299 g/mol. The van der Waals surface area contributed by atoms with E-state index in [1.807, 2.05) is 12.1 Å². The first-order valence-electron chi connectivity index (χ1n) is 6.73. The zero-order valence-electron chi connectivity index (χ0n) is 11.8. The zero-order valence-corrected chi connectivity index (χ0v) is 12.7. The van der Waals surface area contributed by atoms with Crippen LogP contribution in [-0.2, 0) is 13.0 Å². The number of aryl methyl sites for hydroxylation is 1. The van der Waals surface area contributed by atoms with Crippen LogP contribution in [0, 0.1) is 11.8 Å². The maximum atomic E-state index is 12.1. The van der Waals surface area contributed by atoms with Gasteiger partial charge in [0, 0.05) is 11.6 Å². The van der Waals surface area contributed by atoms with Crippen molar-refractivity contribution in [3.05, 3.63) is 51.5 Å². The molecule has 0 atom stereocenters. The van der Waals surface area contributed by atoms with Gasteiger partial charge in [-0.1, -0.05) is 24.8 Å². The monoisotopic (exact) mass is 299 g/mol. The number of pyridine rings is 1. The quantitative estimate of drug-likeness (QED) is 0.848. The third-order valence-corrected chi connectivity index (χ3v) is 3.80. The molecule has 0 aromatic carbocycles. The second kappa shape index (κ2) is 7.58. The molecular weight excluding hydrogens is 282 g/mol. The Morgan fingerprint density at radius 1 is 1.52 bits per heavy atom. The van der Waals surface area contributed by atoms with Gasteiger partial charge in [-0.3, -0.25) is 9.78 Å². The number of carbonyl (C=O) groups excluding carboxylic acids is 1. The molecular formula is C16H17N3OS. The molecule has 1 amide bonds. The standard InChI is InChI=1S/C16H17N3OS/c1-2-12-5-4-8-18-15(12)10-19-16(20)13-9-14(21-11-13)6-3-7-17/h4-5,8-9,11H,2,7,10,17H2,1H3,(H,19,20). The number of hydrogen-bond acceptors (Lipinski definition) is 4. The van der Waals surface area contributed by atoms with Gasteiger partial charge in [0.15, 0.2) is 0 Å². The van der Waals surface area contributed by atoms with Crippen LogP contribution in [0.5, 0.6) is 0 Å². The van der Waals surface area contributed by atoms with Gasteiger partial charge in [-0.25, -0.2) is 0 Å². The van der Waals surface area contributed by atoms with E-state index >= 15 is 0 Å². The van der Waals surface area contributed by atoms with Gasteiger partial charge in [-0.05, 0) is 24.1 Å². The van der Waals surface area contributed by atoms with E-state index in [1.165, 1.54) is 11.3 Å². The van der Waals surface area contributed by atoms with Crippen LogP contribution >= 0.6 is 11.3 Å². The normalized spacial score (nSPS) is 9.81. The predicted molar refractivity (Wildman–Crippen MR) is 85.0 cm³/mol. The number of aromatic nitrogens is 1. The van der Waals surface area contributed by atoms with Gasteiger partial charge in [-0.2, -0.15) is 0 Å². The highest BCUT2D eigenvalue weighted by Gasteiger charge is 2.09. The molecule has 2 aromatic rings. The van der Waals surface area contributed by atoms with Crippen LogP contribution in [0.15, 0.2) is 29.8 Å². The van der Waals surface area contributed by atoms with E-state index in [1.54, 1.807) is 17.6 Å². The Morgan fingerprint density at radius 3 is 3.14 bits per heavy atom. The number of nitrogens with two attached hydrogens (primary N) is 1. The second-order valence-corrected chi connectivity index (χ2v) is 5.26. The Labute approximate surface area is 128 Å². The van der Waals surface area contributed by atoms with Crippen LogP contribution in [-0.4, -0.2) is 17.4 Å². The smallest absolute Gasteiger partial charge is 0.252 e. The first-order chi connectivity index (χ1) is 10.2. The molecule has 0 saturated heterocycles. The van der Waals surface area contributed by atoms with E-state index in [-0.39, 0.29) is 5.91 Å². The molecule has 2 rings (SSSR count). The fraction of sp³-hybridized carbons (Fsp3) is 0.250. The summed E-state index contributed by atoms with van der Waals surface area (Å²) in [4.78, 5) is 17.3. The molecule has 0 spiro atoms. The molecule has 3 N–H and O–H groups in total. The van der Waals surface area contributed by atoms with E-state index < -0.39 is 0 Å².